The van der Waals surface area contributed by atoms with E-state index in [1.165, 1.54) is 5.56 Å². The summed E-state index contributed by atoms with van der Waals surface area (Å²) >= 11 is 0. The van der Waals surface area contributed by atoms with Gasteiger partial charge in [-0.2, -0.15) is 0 Å². The Bertz CT molecular complexity index is 663. The molecule has 2 heterocycles. The normalized spacial score (nSPS) is 18.6. The smallest absolute Gasteiger partial charge is 0.255 e. The molecule has 120 valence electrons. The monoisotopic (exact) mass is 312 g/mol. The van der Waals surface area contributed by atoms with Crippen molar-refractivity contribution in [3.63, 3.8) is 0 Å². The van der Waals surface area contributed by atoms with Gasteiger partial charge in [0.1, 0.15) is 17.7 Å². The summed E-state index contributed by atoms with van der Waals surface area (Å²) in [5.74, 6) is 0.963. The van der Waals surface area contributed by atoms with Crippen LogP contribution in [0.15, 0.2) is 42.6 Å². The molecule has 2 aromatic rings. The SMILES string of the molecule is Cc1nccc(NC(=O)C2CN(Cc3ccccc3)CCO2)n1. The first kappa shape index (κ1) is 15.6. The number of hydrogen-bond donors (Lipinski definition) is 1. The quantitative estimate of drug-likeness (QED) is 0.929. The molecule has 1 aromatic carbocycles. The van der Waals surface area contributed by atoms with Crippen molar-refractivity contribution in [1.82, 2.24) is 14.9 Å². The molecule has 0 aliphatic carbocycles. The highest BCUT2D eigenvalue weighted by atomic mass is 16.5. The minimum atomic E-state index is -0.484. The van der Waals surface area contributed by atoms with Crippen LogP contribution in [0.3, 0.4) is 0 Å². The van der Waals surface area contributed by atoms with E-state index in [2.05, 4.69) is 32.3 Å². The lowest BCUT2D eigenvalue weighted by Gasteiger charge is -2.32. The van der Waals surface area contributed by atoms with Crippen LogP contribution in [-0.4, -0.2) is 46.6 Å². The zero-order valence-electron chi connectivity index (χ0n) is 13.1. The molecule has 1 aromatic heterocycles. The third kappa shape index (κ3) is 4.34. The highest BCUT2D eigenvalue weighted by Gasteiger charge is 2.26. The Hall–Kier alpha value is -2.31. The fraction of sp³-hybridized carbons (Fsp3) is 0.353. The van der Waals surface area contributed by atoms with Crippen molar-refractivity contribution >= 4 is 11.7 Å². The average molecular weight is 312 g/mol. The number of anilines is 1. The minimum Gasteiger partial charge on any atom is -0.366 e. The first-order valence-corrected chi connectivity index (χ1v) is 7.69. The van der Waals surface area contributed by atoms with Crippen LogP contribution in [0.4, 0.5) is 5.82 Å². The molecule has 1 unspecified atom stereocenters. The summed E-state index contributed by atoms with van der Waals surface area (Å²) in [4.78, 5) is 22.8. The van der Waals surface area contributed by atoms with Crippen molar-refractivity contribution in [1.29, 1.82) is 0 Å². The van der Waals surface area contributed by atoms with Gasteiger partial charge >= 0.3 is 0 Å². The summed E-state index contributed by atoms with van der Waals surface area (Å²) in [6.07, 6.45) is 1.14. The Kier molecular flexibility index (Phi) is 4.95. The Morgan fingerprint density at radius 2 is 2.17 bits per heavy atom. The van der Waals surface area contributed by atoms with Crippen LogP contribution in [0.1, 0.15) is 11.4 Å². The number of rotatable bonds is 4. The van der Waals surface area contributed by atoms with Crippen LogP contribution in [-0.2, 0) is 16.1 Å². The van der Waals surface area contributed by atoms with Crippen molar-refractivity contribution in [2.45, 2.75) is 19.6 Å². The molecule has 0 bridgehead atoms. The third-order valence-electron chi connectivity index (χ3n) is 3.72. The van der Waals surface area contributed by atoms with Crippen LogP contribution in [0.5, 0.6) is 0 Å². The maximum absolute atomic E-state index is 12.4. The fourth-order valence-corrected chi connectivity index (χ4v) is 2.58. The van der Waals surface area contributed by atoms with Gasteiger partial charge in [-0.05, 0) is 18.6 Å². The van der Waals surface area contributed by atoms with Crippen molar-refractivity contribution in [2.24, 2.45) is 0 Å². The van der Waals surface area contributed by atoms with Crippen LogP contribution < -0.4 is 5.32 Å². The molecular weight excluding hydrogens is 292 g/mol. The molecule has 1 fully saturated rings. The van der Waals surface area contributed by atoms with E-state index in [0.717, 1.165) is 13.1 Å². The summed E-state index contributed by atoms with van der Waals surface area (Å²) in [6.45, 7) is 4.55. The topological polar surface area (TPSA) is 67.4 Å². The summed E-state index contributed by atoms with van der Waals surface area (Å²) in [5.41, 5.74) is 1.24. The molecule has 1 aliphatic heterocycles. The molecule has 1 amide bonds. The molecular formula is C17H20N4O2. The molecule has 0 saturated carbocycles. The van der Waals surface area contributed by atoms with Gasteiger partial charge in [-0.3, -0.25) is 9.69 Å². The van der Waals surface area contributed by atoms with Crippen molar-refractivity contribution < 1.29 is 9.53 Å². The first-order chi connectivity index (χ1) is 11.2. The number of aromatic nitrogens is 2. The summed E-state index contributed by atoms with van der Waals surface area (Å²) in [7, 11) is 0. The van der Waals surface area contributed by atoms with E-state index in [1.54, 1.807) is 19.2 Å². The number of benzene rings is 1. The number of aryl methyl sites for hydroxylation is 1. The van der Waals surface area contributed by atoms with Gasteiger partial charge in [0.15, 0.2) is 0 Å². The number of morpholine rings is 1. The van der Waals surface area contributed by atoms with Gasteiger partial charge < -0.3 is 10.1 Å². The second-order valence-electron chi connectivity index (χ2n) is 5.56. The molecule has 1 aliphatic rings. The fourth-order valence-electron chi connectivity index (χ4n) is 2.58. The van der Waals surface area contributed by atoms with Crippen LogP contribution >= 0.6 is 0 Å². The second kappa shape index (κ2) is 7.30. The molecule has 6 nitrogen and oxygen atoms in total. The summed E-state index contributed by atoms with van der Waals surface area (Å²) in [6, 6.07) is 11.9. The van der Waals surface area contributed by atoms with E-state index in [1.807, 2.05) is 18.2 Å². The van der Waals surface area contributed by atoms with Gasteiger partial charge in [0, 0.05) is 25.8 Å². The van der Waals surface area contributed by atoms with E-state index < -0.39 is 6.10 Å². The zero-order valence-corrected chi connectivity index (χ0v) is 13.1. The van der Waals surface area contributed by atoms with Gasteiger partial charge in [0.25, 0.3) is 5.91 Å². The number of carbonyl (C=O) groups excluding carboxylic acids is 1. The van der Waals surface area contributed by atoms with Gasteiger partial charge in [-0.1, -0.05) is 30.3 Å². The number of nitrogens with zero attached hydrogens (tertiary/aromatic N) is 3. The van der Waals surface area contributed by atoms with Crippen molar-refractivity contribution in [3.8, 4) is 0 Å². The number of nitrogens with one attached hydrogen (secondary N) is 1. The Morgan fingerprint density at radius 1 is 1.35 bits per heavy atom. The standard InChI is InChI=1S/C17H20N4O2/c1-13-18-8-7-16(19-13)20-17(22)15-12-21(9-10-23-15)11-14-5-3-2-4-6-14/h2-8,15H,9-12H2,1H3,(H,18,19,20,22). The third-order valence-corrected chi connectivity index (χ3v) is 3.72. The summed E-state index contributed by atoms with van der Waals surface area (Å²) < 4.78 is 5.61. The van der Waals surface area contributed by atoms with E-state index >= 15 is 0 Å². The van der Waals surface area contributed by atoms with E-state index in [0.29, 0.717) is 24.8 Å². The molecule has 1 atom stereocenters. The number of carbonyl (C=O) groups is 1. The maximum atomic E-state index is 12.4. The lowest BCUT2D eigenvalue weighted by molar-refractivity contribution is -0.133. The van der Waals surface area contributed by atoms with E-state index in [9.17, 15) is 4.79 Å². The number of hydrogen-bond acceptors (Lipinski definition) is 5. The van der Waals surface area contributed by atoms with E-state index in [4.69, 9.17) is 4.74 Å². The molecule has 0 spiro atoms. The molecule has 0 radical (unpaired) electrons. The van der Waals surface area contributed by atoms with E-state index in [-0.39, 0.29) is 5.91 Å². The van der Waals surface area contributed by atoms with Gasteiger partial charge in [-0.15, -0.1) is 0 Å². The van der Waals surface area contributed by atoms with Crippen LogP contribution in [0, 0.1) is 6.92 Å². The molecule has 1 N–H and O–H groups in total. The predicted molar refractivity (Wildman–Crippen MR) is 86.9 cm³/mol. The zero-order chi connectivity index (χ0) is 16.1. The van der Waals surface area contributed by atoms with Gasteiger partial charge in [0.05, 0.1) is 6.61 Å². The van der Waals surface area contributed by atoms with Crippen molar-refractivity contribution in [2.75, 3.05) is 25.0 Å². The van der Waals surface area contributed by atoms with Crippen molar-refractivity contribution in [3.05, 3.63) is 54.0 Å². The Labute approximate surface area is 135 Å². The van der Waals surface area contributed by atoms with Crippen LogP contribution in [0.25, 0.3) is 0 Å². The predicted octanol–water partition coefficient (Wildman–Crippen LogP) is 1.62. The minimum absolute atomic E-state index is 0.166. The molecule has 23 heavy (non-hydrogen) atoms. The Morgan fingerprint density at radius 3 is 2.96 bits per heavy atom. The lowest BCUT2D eigenvalue weighted by atomic mass is 10.2. The highest BCUT2D eigenvalue weighted by molar-refractivity contribution is 5.93. The van der Waals surface area contributed by atoms with Crippen LogP contribution in [0.2, 0.25) is 0 Å². The van der Waals surface area contributed by atoms with Gasteiger partial charge in [0.2, 0.25) is 0 Å². The number of ether oxygens (including phenoxy) is 1. The Balaban J connectivity index is 1.58. The molecule has 3 rings (SSSR count). The lowest BCUT2D eigenvalue weighted by Crippen LogP contribution is -2.47. The number of amides is 1. The highest BCUT2D eigenvalue weighted by Crippen LogP contribution is 2.12. The molecule has 6 heteroatoms. The second-order valence-corrected chi connectivity index (χ2v) is 5.56. The average Bonchev–Trinajstić information content (AvgIpc) is 2.56. The maximum Gasteiger partial charge on any atom is 0.255 e. The first-order valence-electron chi connectivity index (χ1n) is 7.69. The summed E-state index contributed by atoms with van der Waals surface area (Å²) in [5, 5.41) is 2.80. The van der Waals surface area contributed by atoms with Gasteiger partial charge in [-0.25, -0.2) is 9.97 Å². The molecule has 1 saturated heterocycles. The largest absolute Gasteiger partial charge is 0.366 e.